The lowest BCUT2D eigenvalue weighted by atomic mass is 10.4. The highest BCUT2D eigenvalue weighted by Gasteiger charge is 2.43. The second kappa shape index (κ2) is 5.58. The lowest BCUT2D eigenvalue weighted by Gasteiger charge is -2.15. The van der Waals surface area contributed by atoms with Gasteiger partial charge in [0.25, 0.3) is 0 Å². The summed E-state index contributed by atoms with van der Waals surface area (Å²) in [6.45, 7) is 0.677. The van der Waals surface area contributed by atoms with E-state index in [9.17, 15) is 4.79 Å². The number of aromatic amines is 1. The quantitative estimate of drug-likeness (QED) is 0.792. The van der Waals surface area contributed by atoms with Crippen LogP contribution in [0.15, 0.2) is 47.6 Å². The lowest BCUT2D eigenvalue weighted by molar-refractivity contribution is 0.252. The van der Waals surface area contributed by atoms with Gasteiger partial charge in [0.1, 0.15) is 0 Å². The zero-order valence-corrected chi connectivity index (χ0v) is 11.7. The molecule has 104 valence electrons. The van der Waals surface area contributed by atoms with Crippen LogP contribution in [0.3, 0.4) is 0 Å². The molecule has 3 rings (SSSR count). The Morgan fingerprint density at radius 2 is 2.15 bits per heavy atom. The fraction of sp³-hybridized carbons (Fsp3) is 0.286. The molecule has 1 aromatic heterocycles. The van der Waals surface area contributed by atoms with E-state index in [1.165, 1.54) is 4.90 Å². The molecular formula is C14H16N4OS. The van der Waals surface area contributed by atoms with E-state index in [0.29, 0.717) is 12.2 Å². The second-order valence-corrected chi connectivity index (χ2v) is 6.43. The Hall–Kier alpha value is -1.95. The summed E-state index contributed by atoms with van der Waals surface area (Å²) in [5.74, 6) is 0. The molecule has 1 fully saturated rings. The molecule has 0 radical (unpaired) electrons. The number of nitrogens with zero attached hydrogens (tertiary/aromatic N) is 1. The molecule has 2 amide bonds. The summed E-state index contributed by atoms with van der Waals surface area (Å²) in [4.78, 5) is 13.0. The van der Waals surface area contributed by atoms with Crippen molar-refractivity contribution >= 4 is 23.5 Å². The van der Waals surface area contributed by atoms with Gasteiger partial charge in [0.15, 0.2) is 0 Å². The number of thioether (sulfide) groups is 1. The largest absolute Gasteiger partial charge is 0.336 e. The van der Waals surface area contributed by atoms with E-state index in [-0.39, 0.29) is 10.8 Å². The van der Waals surface area contributed by atoms with Crippen molar-refractivity contribution in [3.05, 3.63) is 42.7 Å². The van der Waals surface area contributed by atoms with Gasteiger partial charge in [-0.3, -0.25) is 5.10 Å². The van der Waals surface area contributed by atoms with E-state index in [1.807, 2.05) is 30.0 Å². The Kier molecular flexibility index (Phi) is 3.64. The smallest absolute Gasteiger partial charge is 0.319 e. The third kappa shape index (κ3) is 3.33. The molecule has 1 aliphatic carbocycles. The van der Waals surface area contributed by atoms with Gasteiger partial charge in [-0.05, 0) is 25.0 Å². The van der Waals surface area contributed by atoms with Gasteiger partial charge in [-0.15, -0.1) is 11.8 Å². The summed E-state index contributed by atoms with van der Waals surface area (Å²) in [5.41, 5.74) is 0.669. The number of benzene rings is 1. The zero-order valence-electron chi connectivity index (χ0n) is 10.9. The minimum Gasteiger partial charge on any atom is -0.336 e. The standard InChI is InChI=1S/C14H16N4OS/c19-13(18-11-8-16-17-9-11)15-10-14(6-7-14)20-12-4-2-1-3-5-12/h1-5,8-9H,6-7,10H2,(H,16,17)(H2,15,18,19). The van der Waals surface area contributed by atoms with Crippen LogP contribution in [0.1, 0.15) is 12.8 Å². The average molecular weight is 288 g/mol. The number of hydrogen-bond acceptors (Lipinski definition) is 3. The van der Waals surface area contributed by atoms with Crippen LogP contribution in [0.4, 0.5) is 10.5 Å². The van der Waals surface area contributed by atoms with Crippen LogP contribution in [0.5, 0.6) is 0 Å². The van der Waals surface area contributed by atoms with Gasteiger partial charge in [-0.1, -0.05) is 18.2 Å². The number of carbonyl (C=O) groups is 1. The van der Waals surface area contributed by atoms with Gasteiger partial charge in [0.05, 0.1) is 11.9 Å². The van der Waals surface area contributed by atoms with E-state index in [2.05, 4.69) is 33.0 Å². The normalized spacial score (nSPS) is 15.6. The molecule has 1 aliphatic rings. The maximum atomic E-state index is 11.8. The van der Waals surface area contributed by atoms with E-state index in [4.69, 9.17) is 0 Å². The zero-order chi connectivity index (χ0) is 13.8. The summed E-state index contributed by atoms with van der Waals surface area (Å²) in [6, 6.07) is 10.1. The van der Waals surface area contributed by atoms with E-state index < -0.39 is 0 Å². The Labute approximate surface area is 121 Å². The monoisotopic (exact) mass is 288 g/mol. The number of aromatic nitrogens is 2. The Balaban J connectivity index is 1.49. The summed E-state index contributed by atoms with van der Waals surface area (Å²) < 4.78 is 0.162. The number of rotatable bonds is 5. The van der Waals surface area contributed by atoms with Gasteiger partial charge in [-0.2, -0.15) is 5.10 Å². The molecular weight excluding hydrogens is 272 g/mol. The predicted octanol–water partition coefficient (Wildman–Crippen LogP) is 2.86. The van der Waals surface area contributed by atoms with Crippen molar-refractivity contribution in [1.82, 2.24) is 15.5 Å². The van der Waals surface area contributed by atoms with Crippen molar-refractivity contribution in [3.8, 4) is 0 Å². The van der Waals surface area contributed by atoms with Gasteiger partial charge in [0, 0.05) is 22.4 Å². The summed E-state index contributed by atoms with van der Waals surface area (Å²) in [6.07, 6.45) is 5.49. The van der Waals surface area contributed by atoms with Crippen molar-refractivity contribution in [1.29, 1.82) is 0 Å². The van der Waals surface area contributed by atoms with Gasteiger partial charge in [-0.25, -0.2) is 4.79 Å². The molecule has 1 saturated carbocycles. The number of amides is 2. The topological polar surface area (TPSA) is 69.8 Å². The van der Waals surface area contributed by atoms with Crippen LogP contribution in [-0.2, 0) is 0 Å². The molecule has 6 heteroatoms. The maximum absolute atomic E-state index is 11.8. The molecule has 0 saturated heterocycles. The van der Waals surface area contributed by atoms with E-state index in [0.717, 1.165) is 12.8 Å². The first-order valence-corrected chi connectivity index (χ1v) is 7.35. The Morgan fingerprint density at radius 3 is 2.80 bits per heavy atom. The highest BCUT2D eigenvalue weighted by Crippen LogP contribution is 2.51. The second-order valence-electron chi connectivity index (χ2n) is 4.89. The third-order valence-corrected chi connectivity index (χ3v) is 4.71. The summed E-state index contributed by atoms with van der Waals surface area (Å²) >= 11 is 1.85. The van der Waals surface area contributed by atoms with Gasteiger partial charge < -0.3 is 10.6 Å². The number of carbonyl (C=O) groups excluding carboxylic acids is 1. The van der Waals surface area contributed by atoms with Crippen molar-refractivity contribution in [2.24, 2.45) is 0 Å². The Bertz CT molecular complexity index is 566. The summed E-state index contributed by atoms with van der Waals surface area (Å²) in [7, 11) is 0. The van der Waals surface area contributed by atoms with Gasteiger partial charge >= 0.3 is 6.03 Å². The lowest BCUT2D eigenvalue weighted by Crippen LogP contribution is -2.35. The molecule has 3 N–H and O–H groups in total. The van der Waals surface area contributed by atoms with Crippen molar-refractivity contribution in [2.45, 2.75) is 22.5 Å². The number of H-pyrrole nitrogens is 1. The first-order chi connectivity index (χ1) is 9.76. The van der Waals surface area contributed by atoms with Crippen molar-refractivity contribution in [3.63, 3.8) is 0 Å². The molecule has 0 bridgehead atoms. The first kappa shape index (κ1) is 13.1. The average Bonchev–Trinajstić information content (AvgIpc) is 3.03. The van der Waals surface area contributed by atoms with Crippen molar-refractivity contribution < 1.29 is 4.79 Å². The molecule has 2 aromatic rings. The fourth-order valence-corrected chi connectivity index (χ4v) is 3.17. The van der Waals surface area contributed by atoms with Crippen LogP contribution >= 0.6 is 11.8 Å². The number of hydrogen-bond donors (Lipinski definition) is 3. The maximum Gasteiger partial charge on any atom is 0.319 e. The van der Waals surface area contributed by atoms with E-state index >= 15 is 0 Å². The van der Waals surface area contributed by atoms with Crippen LogP contribution in [0.2, 0.25) is 0 Å². The van der Waals surface area contributed by atoms with Crippen LogP contribution in [0.25, 0.3) is 0 Å². The van der Waals surface area contributed by atoms with E-state index in [1.54, 1.807) is 12.4 Å². The third-order valence-electron chi connectivity index (χ3n) is 3.21. The summed E-state index contributed by atoms with van der Waals surface area (Å²) in [5, 5.41) is 12.1. The number of urea groups is 1. The first-order valence-electron chi connectivity index (χ1n) is 6.54. The minimum absolute atomic E-state index is 0.162. The highest BCUT2D eigenvalue weighted by atomic mass is 32.2. The van der Waals surface area contributed by atoms with Crippen molar-refractivity contribution in [2.75, 3.05) is 11.9 Å². The fourth-order valence-electron chi connectivity index (χ4n) is 1.93. The molecule has 0 unspecified atom stereocenters. The van der Waals surface area contributed by atoms with Gasteiger partial charge in [0.2, 0.25) is 0 Å². The van der Waals surface area contributed by atoms with Crippen LogP contribution < -0.4 is 10.6 Å². The number of anilines is 1. The Morgan fingerprint density at radius 1 is 1.35 bits per heavy atom. The molecule has 0 aliphatic heterocycles. The minimum atomic E-state index is -0.189. The molecule has 0 spiro atoms. The molecule has 5 nitrogen and oxygen atoms in total. The molecule has 1 aromatic carbocycles. The highest BCUT2D eigenvalue weighted by molar-refractivity contribution is 8.01. The van der Waals surface area contributed by atoms with Crippen LogP contribution in [-0.4, -0.2) is 27.5 Å². The predicted molar refractivity (Wildman–Crippen MR) is 79.9 cm³/mol. The van der Waals surface area contributed by atoms with Crippen LogP contribution in [0, 0.1) is 0 Å². The molecule has 1 heterocycles. The number of nitrogens with one attached hydrogen (secondary N) is 3. The molecule has 0 atom stereocenters. The molecule has 20 heavy (non-hydrogen) atoms. The SMILES string of the molecule is O=C(NCC1(Sc2ccccc2)CC1)Nc1cn[nH]c1.